The van der Waals surface area contributed by atoms with E-state index in [2.05, 4.69) is 22.0 Å². The van der Waals surface area contributed by atoms with Gasteiger partial charge in [0.15, 0.2) is 5.82 Å². The number of rotatable bonds is 4. The Morgan fingerprint density at radius 2 is 2.38 bits per heavy atom. The Balaban J connectivity index is 2.31. The van der Waals surface area contributed by atoms with Crippen molar-refractivity contribution in [3.8, 4) is 5.82 Å². The predicted molar refractivity (Wildman–Crippen MR) is 61.1 cm³/mol. The second kappa shape index (κ2) is 4.85. The Kier molecular flexibility index (Phi) is 3.26. The lowest BCUT2D eigenvalue weighted by Crippen LogP contribution is -2.22. The van der Waals surface area contributed by atoms with E-state index in [0.717, 1.165) is 24.2 Å². The van der Waals surface area contributed by atoms with Gasteiger partial charge in [0.1, 0.15) is 12.7 Å². The van der Waals surface area contributed by atoms with Crippen LogP contribution in [0.4, 0.5) is 0 Å². The van der Waals surface area contributed by atoms with E-state index in [0.29, 0.717) is 0 Å². The maximum Gasteiger partial charge on any atom is 0.158 e. The number of hydrogen-bond acceptors (Lipinski definition) is 4. The predicted octanol–water partition coefficient (Wildman–Crippen LogP) is 0.942. The Bertz CT molecular complexity index is 437. The summed E-state index contributed by atoms with van der Waals surface area (Å²) in [5, 5.41) is 4.08. The molecule has 16 heavy (non-hydrogen) atoms. The fourth-order valence-corrected chi connectivity index (χ4v) is 1.54. The molecule has 2 N–H and O–H groups in total. The highest BCUT2D eigenvalue weighted by Gasteiger charge is 2.09. The highest BCUT2D eigenvalue weighted by Crippen LogP contribution is 2.12. The lowest BCUT2D eigenvalue weighted by Gasteiger charge is -2.11. The molecule has 1 unspecified atom stereocenters. The number of pyridine rings is 1. The van der Waals surface area contributed by atoms with E-state index in [-0.39, 0.29) is 6.04 Å². The van der Waals surface area contributed by atoms with Crippen molar-refractivity contribution < 1.29 is 0 Å². The van der Waals surface area contributed by atoms with E-state index in [9.17, 15) is 0 Å². The van der Waals surface area contributed by atoms with Crippen LogP contribution in [-0.2, 0) is 6.42 Å². The molecule has 2 aromatic rings. The maximum absolute atomic E-state index is 5.95. The van der Waals surface area contributed by atoms with Gasteiger partial charge in [-0.2, -0.15) is 5.10 Å². The average Bonchev–Trinajstić information content (AvgIpc) is 2.83. The van der Waals surface area contributed by atoms with Crippen LogP contribution < -0.4 is 5.73 Å². The molecule has 0 amide bonds. The monoisotopic (exact) mass is 217 g/mol. The van der Waals surface area contributed by atoms with Crippen LogP contribution in [0.15, 0.2) is 31.0 Å². The van der Waals surface area contributed by atoms with Gasteiger partial charge in [-0.15, -0.1) is 0 Å². The molecule has 2 heterocycles. The third-order valence-corrected chi connectivity index (χ3v) is 2.51. The number of hydrogen-bond donors (Lipinski definition) is 1. The highest BCUT2D eigenvalue weighted by molar-refractivity contribution is 5.32. The van der Waals surface area contributed by atoms with Gasteiger partial charge in [0.25, 0.3) is 0 Å². The van der Waals surface area contributed by atoms with Crippen molar-refractivity contribution in [2.75, 3.05) is 0 Å². The first-order chi connectivity index (χ1) is 7.81. The summed E-state index contributed by atoms with van der Waals surface area (Å²) in [6, 6.07) is 4.10. The highest BCUT2D eigenvalue weighted by atomic mass is 15.3. The van der Waals surface area contributed by atoms with Crippen molar-refractivity contribution in [3.05, 3.63) is 36.5 Å². The van der Waals surface area contributed by atoms with Crippen molar-refractivity contribution in [1.82, 2.24) is 19.7 Å². The molecular weight excluding hydrogens is 202 g/mol. The Morgan fingerprint density at radius 1 is 1.50 bits per heavy atom. The van der Waals surface area contributed by atoms with Crippen LogP contribution in [0.3, 0.4) is 0 Å². The number of nitrogens with two attached hydrogens (primary N) is 1. The molecule has 0 fully saturated rings. The van der Waals surface area contributed by atoms with E-state index in [1.54, 1.807) is 17.2 Å². The lowest BCUT2D eigenvalue weighted by molar-refractivity contribution is 0.639. The molecule has 84 valence electrons. The Hall–Kier alpha value is -1.75. The molecule has 0 spiro atoms. The Labute approximate surface area is 94.3 Å². The molecule has 0 aliphatic heterocycles. The third kappa shape index (κ3) is 2.25. The van der Waals surface area contributed by atoms with Crippen LogP contribution in [0.5, 0.6) is 0 Å². The molecule has 0 bridgehead atoms. The zero-order chi connectivity index (χ0) is 11.4. The van der Waals surface area contributed by atoms with Gasteiger partial charge in [0, 0.05) is 12.2 Å². The molecule has 0 saturated heterocycles. The summed E-state index contributed by atoms with van der Waals surface area (Å²) < 4.78 is 1.66. The van der Waals surface area contributed by atoms with Crippen LogP contribution in [0, 0.1) is 0 Å². The third-order valence-electron chi connectivity index (χ3n) is 2.51. The van der Waals surface area contributed by atoms with Crippen LogP contribution in [0.2, 0.25) is 0 Å². The number of aromatic nitrogens is 4. The zero-order valence-electron chi connectivity index (χ0n) is 9.24. The van der Waals surface area contributed by atoms with Gasteiger partial charge in [-0.3, -0.25) is 0 Å². The summed E-state index contributed by atoms with van der Waals surface area (Å²) in [5.41, 5.74) is 7.05. The molecule has 1 atom stereocenters. The van der Waals surface area contributed by atoms with Crippen LogP contribution in [0.25, 0.3) is 5.82 Å². The van der Waals surface area contributed by atoms with Gasteiger partial charge in [-0.05, 0) is 24.5 Å². The molecule has 5 heteroatoms. The summed E-state index contributed by atoms with van der Waals surface area (Å²) in [7, 11) is 0. The normalized spacial score (nSPS) is 12.6. The van der Waals surface area contributed by atoms with Gasteiger partial charge < -0.3 is 5.73 Å². The second-order valence-electron chi connectivity index (χ2n) is 3.70. The molecule has 0 saturated carbocycles. The standard InChI is InChI=1S/C11H15N5/c1-2-10(12)6-9-4-3-5-14-11(9)16-8-13-7-15-16/h3-5,7-8,10H,2,6,12H2,1H3. The first kappa shape index (κ1) is 10.8. The van der Waals surface area contributed by atoms with Gasteiger partial charge in [0.2, 0.25) is 0 Å². The first-order valence-electron chi connectivity index (χ1n) is 5.35. The average molecular weight is 217 g/mol. The van der Waals surface area contributed by atoms with Crippen molar-refractivity contribution in [2.45, 2.75) is 25.8 Å². The van der Waals surface area contributed by atoms with E-state index in [1.807, 2.05) is 12.1 Å². The fraction of sp³-hybridized carbons (Fsp3) is 0.364. The Morgan fingerprint density at radius 3 is 3.06 bits per heavy atom. The number of nitrogens with zero attached hydrogens (tertiary/aromatic N) is 4. The molecule has 0 aliphatic carbocycles. The van der Waals surface area contributed by atoms with E-state index < -0.39 is 0 Å². The summed E-state index contributed by atoms with van der Waals surface area (Å²) in [6.07, 6.45) is 6.64. The minimum atomic E-state index is 0.159. The largest absolute Gasteiger partial charge is 0.327 e. The van der Waals surface area contributed by atoms with E-state index in [1.165, 1.54) is 6.33 Å². The maximum atomic E-state index is 5.95. The molecule has 0 aliphatic rings. The van der Waals surface area contributed by atoms with Crippen LogP contribution in [-0.4, -0.2) is 25.8 Å². The summed E-state index contributed by atoms with van der Waals surface area (Å²) in [4.78, 5) is 8.23. The first-order valence-corrected chi connectivity index (χ1v) is 5.35. The smallest absolute Gasteiger partial charge is 0.158 e. The quantitative estimate of drug-likeness (QED) is 0.827. The summed E-state index contributed by atoms with van der Waals surface area (Å²) in [6.45, 7) is 2.08. The van der Waals surface area contributed by atoms with Gasteiger partial charge in [-0.25, -0.2) is 14.6 Å². The SMILES string of the molecule is CCC(N)Cc1cccnc1-n1cncn1. The minimum absolute atomic E-state index is 0.159. The fourth-order valence-electron chi connectivity index (χ4n) is 1.54. The van der Waals surface area contributed by atoms with Crippen molar-refractivity contribution >= 4 is 0 Å². The molecule has 2 aromatic heterocycles. The second-order valence-corrected chi connectivity index (χ2v) is 3.70. The van der Waals surface area contributed by atoms with Crippen molar-refractivity contribution in [1.29, 1.82) is 0 Å². The summed E-state index contributed by atoms with van der Waals surface area (Å²) in [5.74, 6) is 0.809. The zero-order valence-corrected chi connectivity index (χ0v) is 9.24. The molecule has 2 rings (SSSR count). The van der Waals surface area contributed by atoms with Crippen molar-refractivity contribution in [2.24, 2.45) is 5.73 Å². The van der Waals surface area contributed by atoms with Gasteiger partial charge >= 0.3 is 0 Å². The molecule has 5 nitrogen and oxygen atoms in total. The molecular formula is C11H15N5. The van der Waals surface area contributed by atoms with Gasteiger partial charge in [-0.1, -0.05) is 13.0 Å². The van der Waals surface area contributed by atoms with Crippen LogP contribution in [0.1, 0.15) is 18.9 Å². The van der Waals surface area contributed by atoms with Crippen LogP contribution >= 0.6 is 0 Å². The minimum Gasteiger partial charge on any atom is -0.327 e. The topological polar surface area (TPSA) is 69.6 Å². The summed E-state index contributed by atoms with van der Waals surface area (Å²) >= 11 is 0. The van der Waals surface area contributed by atoms with E-state index >= 15 is 0 Å². The van der Waals surface area contributed by atoms with Gasteiger partial charge in [0.05, 0.1) is 0 Å². The van der Waals surface area contributed by atoms with E-state index in [4.69, 9.17) is 5.73 Å². The molecule has 0 aromatic carbocycles. The lowest BCUT2D eigenvalue weighted by atomic mass is 10.1. The van der Waals surface area contributed by atoms with Crippen molar-refractivity contribution in [3.63, 3.8) is 0 Å². The molecule has 0 radical (unpaired) electrons.